The molecule has 20 heavy (non-hydrogen) atoms. The molecule has 2 aromatic rings. The zero-order valence-electron chi connectivity index (χ0n) is 10.3. The molecule has 0 saturated heterocycles. The van der Waals surface area contributed by atoms with Gasteiger partial charge in [-0.05, 0) is 24.3 Å². The lowest BCUT2D eigenvalue weighted by molar-refractivity contribution is 0.299. The largest absolute Gasteiger partial charge is 0.488 e. The first-order valence-electron chi connectivity index (χ1n) is 5.68. The molecule has 0 heterocycles. The Morgan fingerprint density at radius 1 is 1.25 bits per heavy atom. The van der Waals surface area contributed by atoms with E-state index in [1.165, 1.54) is 12.1 Å². The molecule has 2 aromatic carbocycles. The molecular formula is C14H11Cl2FN2O. The maximum atomic E-state index is 13.6. The van der Waals surface area contributed by atoms with Gasteiger partial charge >= 0.3 is 0 Å². The smallest absolute Gasteiger partial charge is 0.132 e. The first kappa shape index (κ1) is 14.6. The fourth-order valence-electron chi connectivity index (χ4n) is 1.68. The van der Waals surface area contributed by atoms with Crippen LogP contribution in [0.25, 0.3) is 0 Å². The summed E-state index contributed by atoms with van der Waals surface area (Å²) in [6.45, 7) is -0.0103. The van der Waals surface area contributed by atoms with Gasteiger partial charge in [0.25, 0.3) is 0 Å². The average Bonchev–Trinajstić information content (AvgIpc) is 2.37. The van der Waals surface area contributed by atoms with Gasteiger partial charge in [0.05, 0.1) is 10.6 Å². The molecule has 0 atom stereocenters. The van der Waals surface area contributed by atoms with Crippen molar-refractivity contribution in [3.8, 4) is 5.75 Å². The van der Waals surface area contributed by atoms with Crippen LogP contribution in [0.2, 0.25) is 10.0 Å². The van der Waals surface area contributed by atoms with Crippen LogP contribution in [0.15, 0.2) is 36.4 Å². The molecule has 0 aliphatic heterocycles. The Labute approximate surface area is 125 Å². The van der Waals surface area contributed by atoms with Crippen LogP contribution in [0, 0.1) is 11.2 Å². The summed E-state index contributed by atoms with van der Waals surface area (Å²) in [5.74, 6) is -0.328. The van der Waals surface area contributed by atoms with Crippen LogP contribution >= 0.6 is 23.2 Å². The van der Waals surface area contributed by atoms with Gasteiger partial charge in [0, 0.05) is 10.6 Å². The number of rotatable bonds is 4. The van der Waals surface area contributed by atoms with Gasteiger partial charge < -0.3 is 10.5 Å². The number of hydrogen-bond donors (Lipinski definition) is 2. The van der Waals surface area contributed by atoms with Crippen molar-refractivity contribution in [1.82, 2.24) is 0 Å². The van der Waals surface area contributed by atoms with E-state index in [2.05, 4.69) is 0 Å². The Morgan fingerprint density at radius 2 is 2.00 bits per heavy atom. The molecular weight excluding hydrogens is 302 g/mol. The number of nitrogen functional groups attached to an aromatic ring is 1. The minimum absolute atomic E-state index is 0.0103. The molecule has 0 amide bonds. The third-order valence-corrected chi connectivity index (χ3v) is 3.19. The minimum atomic E-state index is -0.455. The van der Waals surface area contributed by atoms with Crippen LogP contribution < -0.4 is 10.5 Å². The average molecular weight is 313 g/mol. The number of benzene rings is 2. The summed E-state index contributed by atoms with van der Waals surface area (Å²) in [5.41, 5.74) is 6.11. The van der Waals surface area contributed by atoms with Gasteiger partial charge in [-0.15, -0.1) is 0 Å². The second-order valence-electron chi connectivity index (χ2n) is 4.05. The van der Waals surface area contributed by atoms with Crippen molar-refractivity contribution in [2.24, 2.45) is 5.73 Å². The molecule has 2 rings (SSSR count). The zero-order valence-corrected chi connectivity index (χ0v) is 11.8. The zero-order chi connectivity index (χ0) is 14.7. The Hall–Kier alpha value is -1.78. The molecule has 3 nitrogen and oxygen atoms in total. The lowest BCUT2D eigenvalue weighted by Gasteiger charge is -2.12. The molecule has 0 unspecified atom stereocenters. The highest BCUT2D eigenvalue weighted by Gasteiger charge is 2.12. The van der Waals surface area contributed by atoms with E-state index in [0.29, 0.717) is 26.9 Å². The second-order valence-corrected chi connectivity index (χ2v) is 4.89. The first-order chi connectivity index (χ1) is 9.49. The van der Waals surface area contributed by atoms with Crippen LogP contribution in [0.3, 0.4) is 0 Å². The summed E-state index contributed by atoms with van der Waals surface area (Å²) in [6.07, 6.45) is 0. The van der Waals surface area contributed by atoms with Gasteiger partial charge in [-0.2, -0.15) is 0 Å². The van der Waals surface area contributed by atoms with Gasteiger partial charge in [-0.25, -0.2) is 4.39 Å². The molecule has 0 fully saturated rings. The SMILES string of the molecule is N=C(N)c1c(Cl)cccc1OCc1ccc(Cl)cc1F. The Kier molecular flexibility index (Phi) is 4.47. The van der Waals surface area contributed by atoms with E-state index in [4.69, 9.17) is 39.1 Å². The number of hydrogen-bond acceptors (Lipinski definition) is 2. The number of nitrogens with one attached hydrogen (secondary N) is 1. The lowest BCUT2D eigenvalue weighted by Crippen LogP contribution is -2.14. The fraction of sp³-hybridized carbons (Fsp3) is 0.0714. The van der Waals surface area contributed by atoms with Crippen LogP contribution in [-0.4, -0.2) is 5.84 Å². The normalized spacial score (nSPS) is 10.3. The van der Waals surface area contributed by atoms with E-state index in [0.717, 1.165) is 0 Å². The van der Waals surface area contributed by atoms with Crippen LogP contribution in [0.5, 0.6) is 5.75 Å². The van der Waals surface area contributed by atoms with E-state index in [1.54, 1.807) is 24.3 Å². The number of nitrogens with two attached hydrogens (primary N) is 1. The molecule has 6 heteroatoms. The first-order valence-corrected chi connectivity index (χ1v) is 6.44. The van der Waals surface area contributed by atoms with Gasteiger partial charge in [0.1, 0.15) is 24.0 Å². The predicted molar refractivity (Wildman–Crippen MR) is 78.2 cm³/mol. The number of amidine groups is 1. The van der Waals surface area contributed by atoms with Crippen molar-refractivity contribution in [3.63, 3.8) is 0 Å². The topological polar surface area (TPSA) is 59.1 Å². The molecule has 3 N–H and O–H groups in total. The number of ether oxygens (including phenoxy) is 1. The quantitative estimate of drug-likeness (QED) is 0.662. The van der Waals surface area contributed by atoms with Gasteiger partial charge in [0.2, 0.25) is 0 Å². The van der Waals surface area contributed by atoms with E-state index in [1.807, 2.05) is 0 Å². The van der Waals surface area contributed by atoms with Gasteiger partial charge in [-0.3, -0.25) is 5.41 Å². The molecule has 0 aliphatic carbocycles. The maximum Gasteiger partial charge on any atom is 0.132 e. The third kappa shape index (κ3) is 3.21. The lowest BCUT2D eigenvalue weighted by atomic mass is 10.2. The van der Waals surface area contributed by atoms with Crippen molar-refractivity contribution in [2.45, 2.75) is 6.61 Å². The summed E-state index contributed by atoms with van der Waals surface area (Å²) in [7, 11) is 0. The monoisotopic (exact) mass is 312 g/mol. The number of halogens is 3. The molecule has 0 aromatic heterocycles. The summed E-state index contributed by atoms with van der Waals surface area (Å²) in [6, 6.07) is 9.22. The molecule has 0 radical (unpaired) electrons. The van der Waals surface area contributed by atoms with Gasteiger partial charge in [-0.1, -0.05) is 35.3 Å². The van der Waals surface area contributed by atoms with Crippen molar-refractivity contribution in [1.29, 1.82) is 5.41 Å². The van der Waals surface area contributed by atoms with E-state index < -0.39 is 5.82 Å². The Balaban J connectivity index is 2.23. The summed E-state index contributed by atoms with van der Waals surface area (Å²) >= 11 is 11.6. The molecule has 0 aliphatic rings. The molecule has 104 valence electrons. The van der Waals surface area contributed by atoms with E-state index in [-0.39, 0.29) is 12.4 Å². The Morgan fingerprint density at radius 3 is 2.65 bits per heavy atom. The maximum absolute atomic E-state index is 13.6. The van der Waals surface area contributed by atoms with Crippen molar-refractivity contribution < 1.29 is 9.13 Å². The van der Waals surface area contributed by atoms with Gasteiger partial charge in [0.15, 0.2) is 0 Å². The summed E-state index contributed by atoms with van der Waals surface area (Å²) < 4.78 is 19.1. The highest BCUT2D eigenvalue weighted by atomic mass is 35.5. The molecule has 0 spiro atoms. The minimum Gasteiger partial charge on any atom is -0.488 e. The molecule has 0 bridgehead atoms. The van der Waals surface area contributed by atoms with Crippen LogP contribution in [0.4, 0.5) is 4.39 Å². The molecule has 0 saturated carbocycles. The second kappa shape index (κ2) is 6.11. The standard InChI is InChI=1S/C14H11Cl2FN2O/c15-9-5-4-8(11(17)6-9)7-20-12-3-1-2-10(16)13(12)14(18)19/h1-6H,7H2,(H3,18,19). The highest BCUT2D eigenvalue weighted by Crippen LogP contribution is 2.27. The van der Waals surface area contributed by atoms with E-state index >= 15 is 0 Å². The van der Waals surface area contributed by atoms with Crippen molar-refractivity contribution in [2.75, 3.05) is 0 Å². The predicted octanol–water partition coefficient (Wildman–Crippen LogP) is 4.00. The summed E-state index contributed by atoms with van der Waals surface area (Å²) in [5, 5.41) is 8.12. The Bertz CT molecular complexity index is 662. The van der Waals surface area contributed by atoms with Crippen LogP contribution in [-0.2, 0) is 6.61 Å². The summed E-state index contributed by atoms with van der Waals surface area (Å²) in [4.78, 5) is 0. The third-order valence-electron chi connectivity index (χ3n) is 2.64. The van der Waals surface area contributed by atoms with Crippen LogP contribution in [0.1, 0.15) is 11.1 Å². The highest BCUT2D eigenvalue weighted by molar-refractivity contribution is 6.34. The van der Waals surface area contributed by atoms with Crippen molar-refractivity contribution >= 4 is 29.0 Å². The fourth-order valence-corrected chi connectivity index (χ4v) is 2.11. The van der Waals surface area contributed by atoms with Crippen molar-refractivity contribution in [3.05, 3.63) is 63.4 Å². The van der Waals surface area contributed by atoms with E-state index in [9.17, 15) is 4.39 Å².